The van der Waals surface area contributed by atoms with Gasteiger partial charge in [0.05, 0.1) is 21.1 Å². The molecule has 4 aromatic rings. The highest BCUT2D eigenvalue weighted by Crippen LogP contribution is 2.35. The summed E-state index contributed by atoms with van der Waals surface area (Å²) in [4.78, 5) is 14.7. The highest BCUT2D eigenvalue weighted by Gasteiger charge is 2.27. The molecule has 1 atom stereocenters. The second-order valence-electron chi connectivity index (χ2n) is 7.26. The van der Waals surface area contributed by atoms with Gasteiger partial charge in [0.25, 0.3) is 5.91 Å². The summed E-state index contributed by atoms with van der Waals surface area (Å²) < 4.78 is 5.37. The van der Waals surface area contributed by atoms with E-state index < -0.39 is 6.04 Å². The minimum Gasteiger partial charge on any atom is -0.360 e. The molecule has 1 N–H and O–H groups in total. The van der Waals surface area contributed by atoms with E-state index in [9.17, 15) is 4.79 Å². The molecule has 0 spiro atoms. The first-order chi connectivity index (χ1) is 15.9. The molecule has 1 heterocycles. The van der Waals surface area contributed by atoms with Crippen LogP contribution in [0.1, 0.15) is 33.3 Å². The molecule has 3 aromatic carbocycles. The Bertz CT molecular complexity index is 1310. The summed E-state index contributed by atoms with van der Waals surface area (Å²) in [6.45, 7) is 1.69. The van der Waals surface area contributed by atoms with Crippen molar-refractivity contribution in [2.45, 2.75) is 17.9 Å². The number of aryl methyl sites for hydroxylation is 1. The summed E-state index contributed by atoms with van der Waals surface area (Å²) in [6, 6.07) is 19.9. The van der Waals surface area contributed by atoms with Gasteiger partial charge in [-0.25, -0.2) is 0 Å². The van der Waals surface area contributed by atoms with E-state index in [1.807, 2.05) is 48.7 Å². The number of benzene rings is 3. The summed E-state index contributed by atoms with van der Waals surface area (Å²) in [7, 11) is 0. The number of carbonyl (C=O) groups excluding carboxylic acids is 1. The third-order valence-electron chi connectivity index (χ3n) is 5.24. The molecule has 168 valence electrons. The summed E-state index contributed by atoms with van der Waals surface area (Å²) in [5.74, 6) is 0.0229. The molecule has 0 fully saturated rings. The van der Waals surface area contributed by atoms with Crippen molar-refractivity contribution in [1.82, 2.24) is 10.5 Å². The number of nitrogens with zero attached hydrogens (tertiary/aromatic N) is 1. The van der Waals surface area contributed by atoms with Crippen LogP contribution in [-0.4, -0.2) is 17.3 Å². The molecule has 0 bridgehead atoms. The van der Waals surface area contributed by atoms with Crippen molar-refractivity contribution in [3.05, 3.63) is 104 Å². The Morgan fingerprint density at radius 2 is 1.67 bits per heavy atom. The maximum atomic E-state index is 13.6. The highest BCUT2D eigenvalue weighted by atomic mass is 35.5. The fourth-order valence-corrected chi connectivity index (χ4v) is 4.61. The molecule has 1 aromatic heterocycles. The molecule has 0 aliphatic carbocycles. The third-order valence-corrected chi connectivity index (χ3v) is 7.14. The summed E-state index contributed by atoms with van der Waals surface area (Å²) in [5, 5.41) is 8.47. The molecule has 0 aliphatic heterocycles. The van der Waals surface area contributed by atoms with Gasteiger partial charge in [-0.05, 0) is 48.6 Å². The minimum atomic E-state index is -0.548. The van der Waals surface area contributed by atoms with Gasteiger partial charge < -0.3 is 9.84 Å². The van der Waals surface area contributed by atoms with Crippen LogP contribution in [0.5, 0.6) is 0 Å². The van der Waals surface area contributed by atoms with Crippen molar-refractivity contribution in [3.8, 4) is 11.3 Å². The summed E-state index contributed by atoms with van der Waals surface area (Å²) in [6.07, 6.45) is 2.01. The first-order valence-electron chi connectivity index (χ1n) is 10.0. The average Bonchev–Trinajstić information content (AvgIpc) is 3.21. The van der Waals surface area contributed by atoms with Gasteiger partial charge in [0, 0.05) is 10.5 Å². The quantitative estimate of drug-likeness (QED) is 0.265. The first-order valence-corrected chi connectivity index (χ1v) is 12.4. The monoisotopic (exact) mass is 516 g/mol. The number of nitrogens with one attached hydrogen (secondary N) is 1. The normalized spacial score (nSPS) is 11.9. The van der Waals surface area contributed by atoms with Crippen molar-refractivity contribution in [1.29, 1.82) is 0 Å². The van der Waals surface area contributed by atoms with Crippen LogP contribution in [0.3, 0.4) is 0 Å². The van der Waals surface area contributed by atoms with Gasteiger partial charge >= 0.3 is 0 Å². The number of aromatic nitrogens is 1. The molecule has 0 radical (unpaired) electrons. The van der Waals surface area contributed by atoms with Gasteiger partial charge in [0.2, 0.25) is 0 Å². The number of thioether (sulfide) groups is 1. The van der Waals surface area contributed by atoms with Crippen molar-refractivity contribution >= 4 is 52.5 Å². The molecule has 33 heavy (non-hydrogen) atoms. The van der Waals surface area contributed by atoms with Gasteiger partial charge in [0.15, 0.2) is 0 Å². The Morgan fingerprint density at radius 1 is 0.970 bits per heavy atom. The van der Waals surface area contributed by atoms with Crippen LogP contribution in [0.4, 0.5) is 0 Å². The molecular formula is C25H19Cl3N2O2S. The fourth-order valence-electron chi connectivity index (χ4n) is 3.56. The van der Waals surface area contributed by atoms with Gasteiger partial charge in [-0.2, -0.15) is 0 Å². The zero-order valence-electron chi connectivity index (χ0n) is 17.7. The van der Waals surface area contributed by atoms with E-state index in [4.69, 9.17) is 39.3 Å². The van der Waals surface area contributed by atoms with Gasteiger partial charge in [-0.3, -0.25) is 4.79 Å². The molecule has 0 aliphatic rings. The Hall–Kier alpha value is -2.44. The number of amides is 1. The van der Waals surface area contributed by atoms with Gasteiger partial charge in [0.1, 0.15) is 17.0 Å². The van der Waals surface area contributed by atoms with E-state index in [1.54, 1.807) is 43.0 Å². The Morgan fingerprint density at radius 3 is 2.36 bits per heavy atom. The lowest BCUT2D eigenvalue weighted by Crippen LogP contribution is -2.30. The Balaban J connectivity index is 1.78. The first kappa shape index (κ1) is 23.7. The van der Waals surface area contributed by atoms with Crippen molar-refractivity contribution in [2.75, 3.05) is 6.26 Å². The maximum absolute atomic E-state index is 13.6. The number of carbonyl (C=O) groups is 1. The van der Waals surface area contributed by atoms with E-state index in [2.05, 4.69) is 10.5 Å². The van der Waals surface area contributed by atoms with E-state index in [1.165, 1.54) is 0 Å². The maximum Gasteiger partial charge on any atom is 0.257 e. The zero-order valence-corrected chi connectivity index (χ0v) is 20.8. The van der Waals surface area contributed by atoms with E-state index in [0.717, 1.165) is 10.5 Å². The lowest BCUT2D eigenvalue weighted by Gasteiger charge is -2.22. The van der Waals surface area contributed by atoms with Crippen LogP contribution in [0.25, 0.3) is 11.3 Å². The zero-order chi connectivity index (χ0) is 23.5. The number of hydrogen-bond donors (Lipinski definition) is 1. The van der Waals surface area contributed by atoms with Crippen LogP contribution in [0.2, 0.25) is 15.1 Å². The lowest BCUT2D eigenvalue weighted by molar-refractivity contribution is 0.0942. The van der Waals surface area contributed by atoms with Crippen LogP contribution >= 0.6 is 46.6 Å². The van der Waals surface area contributed by atoms with Crippen molar-refractivity contribution in [2.24, 2.45) is 0 Å². The molecule has 4 nitrogen and oxygen atoms in total. The standard InChI is InChI=1S/C25H19Cl3N2O2S/c1-14-21(24(30-32-14)17-6-3-4-8-19(17)26)25(31)29-23(15-10-12-16(33-2)13-11-15)18-7-5-9-20(27)22(18)28/h3-13,23H,1-2H3,(H,29,31). The van der Waals surface area contributed by atoms with E-state index >= 15 is 0 Å². The molecule has 8 heteroatoms. The van der Waals surface area contributed by atoms with E-state index in [0.29, 0.717) is 43.2 Å². The Kier molecular flexibility index (Phi) is 7.35. The molecule has 0 saturated carbocycles. The van der Waals surface area contributed by atoms with Crippen LogP contribution in [0, 0.1) is 6.92 Å². The predicted molar refractivity (Wildman–Crippen MR) is 136 cm³/mol. The van der Waals surface area contributed by atoms with E-state index in [-0.39, 0.29) is 5.91 Å². The topological polar surface area (TPSA) is 55.1 Å². The highest BCUT2D eigenvalue weighted by molar-refractivity contribution is 7.98. The molecular weight excluding hydrogens is 499 g/mol. The second kappa shape index (κ2) is 10.2. The summed E-state index contributed by atoms with van der Waals surface area (Å²) in [5.41, 5.74) is 2.85. The average molecular weight is 518 g/mol. The predicted octanol–water partition coefficient (Wildman–Crippen LogP) is 7.85. The van der Waals surface area contributed by atoms with Crippen LogP contribution < -0.4 is 5.32 Å². The largest absolute Gasteiger partial charge is 0.360 e. The molecule has 1 amide bonds. The molecule has 4 rings (SSSR count). The minimum absolute atomic E-state index is 0.312. The lowest BCUT2D eigenvalue weighted by atomic mass is 9.97. The smallest absolute Gasteiger partial charge is 0.257 e. The van der Waals surface area contributed by atoms with Crippen LogP contribution in [-0.2, 0) is 0 Å². The van der Waals surface area contributed by atoms with Gasteiger partial charge in [-0.15, -0.1) is 11.8 Å². The number of hydrogen-bond acceptors (Lipinski definition) is 4. The van der Waals surface area contributed by atoms with Crippen molar-refractivity contribution < 1.29 is 9.32 Å². The SMILES string of the molecule is CSc1ccc(C(NC(=O)c2c(-c3ccccc3Cl)noc2C)c2cccc(Cl)c2Cl)cc1. The molecule has 0 saturated heterocycles. The van der Waals surface area contributed by atoms with Crippen molar-refractivity contribution in [3.63, 3.8) is 0 Å². The fraction of sp³-hybridized carbons (Fsp3) is 0.120. The number of rotatable bonds is 6. The van der Waals surface area contributed by atoms with Gasteiger partial charge in [-0.1, -0.05) is 82.4 Å². The number of halogens is 3. The summed E-state index contributed by atoms with van der Waals surface area (Å²) >= 11 is 20.8. The van der Waals surface area contributed by atoms with Crippen LogP contribution in [0.15, 0.2) is 76.1 Å². The third kappa shape index (κ3) is 4.92. The Labute approximate surface area is 211 Å². The molecule has 1 unspecified atom stereocenters. The second-order valence-corrected chi connectivity index (χ2v) is 9.34.